The van der Waals surface area contributed by atoms with Gasteiger partial charge in [-0.15, -0.1) is 0 Å². The van der Waals surface area contributed by atoms with E-state index in [1.165, 1.54) is 23.7 Å². The molecule has 3 aromatic carbocycles. The quantitative estimate of drug-likeness (QED) is 0.121. The summed E-state index contributed by atoms with van der Waals surface area (Å²) in [6, 6.07) is 26.3. The molecule has 1 aliphatic heterocycles. The lowest BCUT2D eigenvalue weighted by atomic mass is 9.99. The van der Waals surface area contributed by atoms with Crippen molar-refractivity contribution in [2.24, 2.45) is 5.92 Å². The van der Waals surface area contributed by atoms with Gasteiger partial charge in [0.2, 0.25) is 0 Å². The zero-order chi connectivity index (χ0) is 29.5. The molecule has 0 radical (unpaired) electrons. The molecule has 1 atom stereocenters. The fraction of sp³-hybridized carbons (Fsp3) is 0.286. The van der Waals surface area contributed by atoms with Gasteiger partial charge in [0.1, 0.15) is 16.7 Å². The second-order valence-corrected chi connectivity index (χ2v) is 12.4. The van der Waals surface area contributed by atoms with Crippen molar-refractivity contribution in [1.82, 2.24) is 14.7 Å². The number of amides is 1. The van der Waals surface area contributed by atoms with E-state index in [0.717, 1.165) is 53.1 Å². The molecule has 1 amide bonds. The SMILES string of the molecule is CCCCC(CC)CN1C(=O)C(=Cc2cn(-c3ccccc3)nc2-c2ccc(OCc3ccc(C)cc3)cc2)SC1=S. The van der Waals surface area contributed by atoms with Crippen LogP contribution in [0, 0.1) is 12.8 Å². The van der Waals surface area contributed by atoms with Crippen LogP contribution in [0.4, 0.5) is 0 Å². The maximum Gasteiger partial charge on any atom is 0.266 e. The highest BCUT2D eigenvalue weighted by Crippen LogP contribution is 2.36. The zero-order valence-electron chi connectivity index (χ0n) is 24.5. The lowest BCUT2D eigenvalue weighted by molar-refractivity contribution is -0.122. The maximum absolute atomic E-state index is 13.5. The smallest absolute Gasteiger partial charge is 0.266 e. The van der Waals surface area contributed by atoms with Gasteiger partial charge in [-0.05, 0) is 67.3 Å². The number of nitrogens with zero attached hydrogens (tertiary/aromatic N) is 3. The highest BCUT2D eigenvalue weighted by molar-refractivity contribution is 8.26. The molecule has 0 spiro atoms. The Labute approximate surface area is 258 Å². The number of aromatic nitrogens is 2. The molecule has 7 heteroatoms. The average Bonchev–Trinajstić information content (AvgIpc) is 3.55. The van der Waals surface area contributed by atoms with Gasteiger partial charge in [-0.25, -0.2) is 4.68 Å². The number of aryl methyl sites for hydroxylation is 1. The first-order valence-corrected chi connectivity index (χ1v) is 15.9. The van der Waals surface area contributed by atoms with Crippen LogP contribution in [-0.4, -0.2) is 31.5 Å². The number of unbranched alkanes of at least 4 members (excludes halogenated alkanes) is 1. The molecule has 5 nitrogen and oxygen atoms in total. The van der Waals surface area contributed by atoms with E-state index >= 15 is 0 Å². The summed E-state index contributed by atoms with van der Waals surface area (Å²) >= 11 is 7.05. The molecule has 42 heavy (non-hydrogen) atoms. The van der Waals surface area contributed by atoms with E-state index in [0.29, 0.717) is 28.3 Å². The number of hydrogen-bond donors (Lipinski definition) is 0. The summed E-state index contributed by atoms with van der Waals surface area (Å²) in [6.07, 6.45) is 8.39. The number of para-hydroxylation sites is 1. The predicted molar refractivity (Wildman–Crippen MR) is 178 cm³/mol. The molecule has 0 saturated carbocycles. The van der Waals surface area contributed by atoms with Gasteiger partial charge >= 0.3 is 0 Å². The van der Waals surface area contributed by atoms with Crippen LogP contribution in [0.5, 0.6) is 5.75 Å². The van der Waals surface area contributed by atoms with Crippen LogP contribution in [0.15, 0.2) is 90.0 Å². The van der Waals surface area contributed by atoms with E-state index < -0.39 is 0 Å². The number of rotatable bonds is 12. The summed E-state index contributed by atoms with van der Waals surface area (Å²) in [7, 11) is 0. The third-order valence-corrected chi connectivity index (χ3v) is 8.94. The molecular weight excluding hydrogens is 559 g/mol. The first kappa shape index (κ1) is 29.8. The van der Waals surface area contributed by atoms with E-state index in [2.05, 4.69) is 45.0 Å². The van der Waals surface area contributed by atoms with E-state index in [4.69, 9.17) is 22.1 Å². The molecular formula is C35H37N3O2S2. The maximum atomic E-state index is 13.5. The Hall–Kier alpha value is -3.68. The van der Waals surface area contributed by atoms with Crippen molar-refractivity contribution in [2.45, 2.75) is 53.1 Å². The summed E-state index contributed by atoms with van der Waals surface area (Å²) in [5, 5.41) is 4.95. The summed E-state index contributed by atoms with van der Waals surface area (Å²) in [6.45, 7) is 7.66. The van der Waals surface area contributed by atoms with E-state index in [1.807, 2.05) is 71.6 Å². The normalized spacial score (nSPS) is 15.0. The minimum absolute atomic E-state index is 0.0155. The monoisotopic (exact) mass is 595 g/mol. The van der Waals surface area contributed by atoms with Crippen LogP contribution in [0.2, 0.25) is 0 Å². The molecule has 0 aliphatic carbocycles. The standard InChI is InChI=1S/C35H37N3O2S2/c1-4-6-10-26(5-2)22-37-34(39)32(42-35(37)41)21-29-23-38(30-11-8-7-9-12-30)36-33(29)28-17-19-31(20-18-28)40-24-27-15-13-25(3)14-16-27/h7-9,11-21,23,26H,4-6,10,22,24H2,1-3H3. The van der Waals surface area contributed by atoms with Crippen molar-refractivity contribution >= 4 is 40.3 Å². The number of carbonyl (C=O) groups excluding carboxylic acids is 1. The van der Waals surface area contributed by atoms with Crippen LogP contribution >= 0.6 is 24.0 Å². The van der Waals surface area contributed by atoms with Crippen molar-refractivity contribution in [1.29, 1.82) is 0 Å². The fourth-order valence-electron chi connectivity index (χ4n) is 4.96. The van der Waals surface area contributed by atoms with Gasteiger partial charge in [-0.1, -0.05) is 105 Å². The van der Waals surface area contributed by atoms with E-state index in [9.17, 15) is 4.79 Å². The minimum Gasteiger partial charge on any atom is -0.489 e. The zero-order valence-corrected chi connectivity index (χ0v) is 26.1. The van der Waals surface area contributed by atoms with Gasteiger partial charge in [0, 0.05) is 23.9 Å². The molecule has 1 aliphatic rings. The Bertz CT molecular complexity index is 1540. The van der Waals surface area contributed by atoms with Crippen molar-refractivity contribution in [3.63, 3.8) is 0 Å². The van der Waals surface area contributed by atoms with E-state index in [-0.39, 0.29) is 5.91 Å². The summed E-state index contributed by atoms with van der Waals surface area (Å²) in [5.41, 5.74) is 5.91. The van der Waals surface area contributed by atoms with Crippen LogP contribution in [0.25, 0.3) is 23.0 Å². The molecule has 0 N–H and O–H groups in total. The van der Waals surface area contributed by atoms with Gasteiger partial charge in [0.15, 0.2) is 0 Å². The fourth-order valence-corrected chi connectivity index (χ4v) is 6.23. The van der Waals surface area contributed by atoms with Gasteiger partial charge in [0.05, 0.1) is 16.3 Å². The predicted octanol–water partition coefficient (Wildman–Crippen LogP) is 8.84. The first-order chi connectivity index (χ1) is 20.4. The summed E-state index contributed by atoms with van der Waals surface area (Å²) < 4.78 is 8.53. The molecule has 1 aromatic heterocycles. The summed E-state index contributed by atoms with van der Waals surface area (Å²) in [5.74, 6) is 1.23. The van der Waals surface area contributed by atoms with Gasteiger partial charge in [0.25, 0.3) is 5.91 Å². The third kappa shape index (κ3) is 7.20. The molecule has 1 unspecified atom stereocenters. The van der Waals surface area contributed by atoms with Crippen molar-refractivity contribution < 1.29 is 9.53 Å². The third-order valence-electron chi connectivity index (χ3n) is 7.56. The Balaban J connectivity index is 1.40. The van der Waals surface area contributed by atoms with Crippen LogP contribution in [0.1, 0.15) is 56.2 Å². The second kappa shape index (κ2) is 14.0. The van der Waals surface area contributed by atoms with Gasteiger partial charge < -0.3 is 4.74 Å². The molecule has 2 heterocycles. The van der Waals surface area contributed by atoms with Crippen molar-refractivity contribution in [3.05, 3.63) is 107 Å². The Morgan fingerprint density at radius 1 is 1.00 bits per heavy atom. The molecule has 1 fully saturated rings. The molecule has 1 saturated heterocycles. The van der Waals surface area contributed by atoms with Crippen LogP contribution < -0.4 is 4.74 Å². The number of benzene rings is 3. The van der Waals surface area contributed by atoms with Gasteiger partial charge in [-0.2, -0.15) is 5.10 Å². The number of ether oxygens (including phenoxy) is 1. The number of carbonyl (C=O) groups is 1. The first-order valence-electron chi connectivity index (χ1n) is 14.6. The number of thioether (sulfide) groups is 1. The number of thiocarbonyl (C=S) groups is 1. The van der Waals surface area contributed by atoms with Crippen LogP contribution in [0.3, 0.4) is 0 Å². The Morgan fingerprint density at radius 3 is 2.43 bits per heavy atom. The minimum atomic E-state index is -0.0155. The largest absolute Gasteiger partial charge is 0.489 e. The molecule has 0 bridgehead atoms. The second-order valence-electron chi connectivity index (χ2n) is 10.7. The van der Waals surface area contributed by atoms with E-state index in [1.54, 1.807) is 4.90 Å². The Kier molecular flexibility index (Phi) is 9.93. The average molecular weight is 596 g/mol. The van der Waals surface area contributed by atoms with Crippen molar-refractivity contribution in [3.8, 4) is 22.7 Å². The summed E-state index contributed by atoms with van der Waals surface area (Å²) in [4.78, 5) is 16.0. The number of hydrogen-bond acceptors (Lipinski definition) is 5. The molecule has 216 valence electrons. The van der Waals surface area contributed by atoms with Crippen molar-refractivity contribution in [2.75, 3.05) is 6.54 Å². The highest BCUT2D eigenvalue weighted by Gasteiger charge is 2.33. The highest BCUT2D eigenvalue weighted by atomic mass is 32.2. The van der Waals surface area contributed by atoms with Crippen LogP contribution in [-0.2, 0) is 11.4 Å². The molecule has 4 aromatic rings. The van der Waals surface area contributed by atoms with Gasteiger partial charge in [-0.3, -0.25) is 9.69 Å². The topological polar surface area (TPSA) is 47.4 Å². The lowest BCUT2D eigenvalue weighted by Crippen LogP contribution is -2.33. The molecule has 5 rings (SSSR count). The lowest BCUT2D eigenvalue weighted by Gasteiger charge is -2.21. The Morgan fingerprint density at radius 2 is 1.74 bits per heavy atom.